The SMILES string of the molecule is CCCCCCCCC(CCC(=O)O)C(CCCCCCCC)(CCCCCCCC)C(=O)O. The molecule has 0 aromatic carbocycles. The summed E-state index contributed by atoms with van der Waals surface area (Å²) in [5.41, 5.74) is -0.756. The van der Waals surface area contributed by atoms with Crippen molar-refractivity contribution in [3.8, 4) is 0 Å². The van der Waals surface area contributed by atoms with Crippen molar-refractivity contribution in [3.05, 3.63) is 0 Å². The molecule has 0 aliphatic heterocycles. The Labute approximate surface area is 211 Å². The summed E-state index contributed by atoms with van der Waals surface area (Å²) in [7, 11) is 0. The van der Waals surface area contributed by atoms with E-state index in [-0.39, 0.29) is 12.3 Å². The van der Waals surface area contributed by atoms with Crippen molar-refractivity contribution in [3.63, 3.8) is 0 Å². The Kier molecular flexibility index (Phi) is 21.7. The zero-order valence-corrected chi connectivity index (χ0v) is 23.1. The van der Waals surface area contributed by atoms with E-state index in [1.54, 1.807) is 0 Å². The molecule has 0 bridgehead atoms. The average Bonchev–Trinajstić information content (AvgIpc) is 2.81. The van der Waals surface area contributed by atoms with Crippen LogP contribution in [0.2, 0.25) is 0 Å². The van der Waals surface area contributed by atoms with Crippen molar-refractivity contribution in [2.45, 2.75) is 168 Å². The van der Waals surface area contributed by atoms with Crippen LogP contribution < -0.4 is 0 Å². The van der Waals surface area contributed by atoms with E-state index in [2.05, 4.69) is 20.8 Å². The van der Waals surface area contributed by atoms with Gasteiger partial charge in [-0.05, 0) is 31.6 Å². The second-order valence-corrected chi connectivity index (χ2v) is 10.7. The summed E-state index contributed by atoms with van der Waals surface area (Å²) < 4.78 is 0. The second-order valence-electron chi connectivity index (χ2n) is 10.7. The van der Waals surface area contributed by atoms with Crippen LogP contribution in [0.15, 0.2) is 0 Å². The molecule has 1 atom stereocenters. The van der Waals surface area contributed by atoms with Gasteiger partial charge in [-0.2, -0.15) is 0 Å². The molecule has 0 aromatic heterocycles. The molecule has 34 heavy (non-hydrogen) atoms. The number of carboxylic acid groups (broad SMARTS) is 2. The van der Waals surface area contributed by atoms with Gasteiger partial charge in [0.05, 0.1) is 5.41 Å². The number of rotatable bonds is 26. The zero-order valence-electron chi connectivity index (χ0n) is 23.1. The molecule has 0 rings (SSSR count). The smallest absolute Gasteiger partial charge is 0.309 e. The number of aliphatic carboxylic acids is 2. The Morgan fingerprint density at radius 1 is 0.559 bits per heavy atom. The van der Waals surface area contributed by atoms with Crippen LogP contribution in [0.3, 0.4) is 0 Å². The lowest BCUT2D eigenvalue weighted by Gasteiger charge is -2.38. The molecule has 1 unspecified atom stereocenters. The minimum atomic E-state index is -0.800. The molecule has 0 fully saturated rings. The summed E-state index contributed by atoms with van der Waals surface area (Å²) in [6.45, 7) is 6.64. The van der Waals surface area contributed by atoms with Gasteiger partial charge < -0.3 is 10.2 Å². The van der Waals surface area contributed by atoms with Gasteiger partial charge in [0.15, 0.2) is 0 Å². The Morgan fingerprint density at radius 3 is 1.32 bits per heavy atom. The lowest BCUT2D eigenvalue weighted by Crippen LogP contribution is -2.39. The minimum absolute atomic E-state index is 0.0291. The van der Waals surface area contributed by atoms with Crippen LogP contribution in [0.1, 0.15) is 168 Å². The zero-order chi connectivity index (χ0) is 25.5. The molecule has 0 aliphatic rings. The van der Waals surface area contributed by atoms with Crippen molar-refractivity contribution in [2.24, 2.45) is 11.3 Å². The first-order chi connectivity index (χ1) is 16.4. The van der Waals surface area contributed by atoms with Gasteiger partial charge >= 0.3 is 11.9 Å². The topological polar surface area (TPSA) is 74.6 Å². The molecule has 0 heterocycles. The van der Waals surface area contributed by atoms with Crippen molar-refractivity contribution < 1.29 is 19.8 Å². The largest absolute Gasteiger partial charge is 0.481 e. The standard InChI is InChI=1S/C30H58O4/c1-4-7-10-13-16-19-22-27(23-24-28(31)32)30(29(33)34,25-20-17-14-11-8-5-2)26-21-18-15-12-9-6-3/h27H,4-26H2,1-3H3,(H,31,32)(H,33,34). The summed E-state index contributed by atoms with van der Waals surface area (Å²) in [5.74, 6) is -1.50. The summed E-state index contributed by atoms with van der Waals surface area (Å²) in [4.78, 5) is 24.3. The summed E-state index contributed by atoms with van der Waals surface area (Å²) in [5, 5.41) is 19.9. The molecule has 0 aromatic rings. The van der Waals surface area contributed by atoms with Crippen LogP contribution in [0.25, 0.3) is 0 Å². The Hall–Kier alpha value is -1.06. The van der Waals surface area contributed by atoms with Crippen LogP contribution in [-0.4, -0.2) is 22.2 Å². The first-order valence-electron chi connectivity index (χ1n) is 14.9. The van der Waals surface area contributed by atoms with Crippen molar-refractivity contribution in [2.75, 3.05) is 0 Å². The van der Waals surface area contributed by atoms with Crippen LogP contribution in [0.4, 0.5) is 0 Å². The van der Waals surface area contributed by atoms with Crippen molar-refractivity contribution >= 4 is 11.9 Å². The molecule has 0 spiro atoms. The van der Waals surface area contributed by atoms with E-state index in [4.69, 9.17) is 0 Å². The average molecular weight is 483 g/mol. The minimum Gasteiger partial charge on any atom is -0.481 e. The third-order valence-electron chi connectivity index (χ3n) is 7.77. The highest BCUT2D eigenvalue weighted by molar-refractivity contribution is 5.75. The molecule has 0 aliphatic carbocycles. The predicted molar refractivity (Wildman–Crippen MR) is 144 cm³/mol. The number of hydrogen-bond donors (Lipinski definition) is 2. The maximum Gasteiger partial charge on any atom is 0.309 e. The van der Waals surface area contributed by atoms with Crippen molar-refractivity contribution in [1.29, 1.82) is 0 Å². The first-order valence-corrected chi connectivity index (χ1v) is 14.9. The lowest BCUT2D eigenvalue weighted by molar-refractivity contribution is -0.156. The highest BCUT2D eigenvalue weighted by Crippen LogP contribution is 2.44. The maximum atomic E-state index is 12.9. The molecular formula is C30H58O4. The molecule has 0 saturated heterocycles. The third kappa shape index (κ3) is 15.8. The van der Waals surface area contributed by atoms with Gasteiger partial charge in [-0.15, -0.1) is 0 Å². The second kappa shape index (κ2) is 22.4. The summed E-state index contributed by atoms with van der Waals surface area (Å²) in [6, 6.07) is 0. The fraction of sp³-hybridized carbons (Fsp3) is 0.933. The van der Waals surface area contributed by atoms with Crippen LogP contribution in [0.5, 0.6) is 0 Å². The van der Waals surface area contributed by atoms with E-state index >= 15 is 0 Å². The molecular weight excluding hydrogens is 424 g/mol. The normalized spacial score (nSPS) is 12.7. The molecule has 202 valence electrons. The van der Waals surface area contributed by atoms with E-state index in [1.165, 1.54) is 77.0 Å². The summed E-state index contributed by atoms with van der Waals surface area (Å²) in [6.07, 6.45) is 23.8. The molecule has 4 heteroatoms. The fourth-order valence-electron chi connectivity index (χ4n) is 5.53. The Bertz CT molecular complexity index is 472. The van der Waals surface area contributed by atoms with Crippen LogP contribution >= 0.6 is 0 Å². The van der Waals surface area contributed by atoms with Gasteiger partial charge in [-0.3, -0.25) is 9.59 Å². The van der Waals surface area contributed by atoms with E-state index < -0.39 is 17.4 Å². The molecule has 0 amide bonds. The predicted octanol–water partition coefficient (Wildman–Crippen LogP) is 9.79. The quantitative estimate of drug-likeness (QED) is 0.120. The molecule has 4 nitrogen and oxygen atoms in total. The Morgan fingerprint density at radius 2 is 0.941 bits per heavy atom. The van der Waals surface area contributed by atoms with Gasteiger partial charge in [-0.1, -0.05) is 136 Å². The highest BCUT2D eigenvalue weighted by Gasteiger charge is 2.44. The van der Waals surface area contributed by atoms with Crippen LogP contribution in [0, 0.1) is 11.3 Å². The monoisotopic (exact) mass is 482 g/mol. The van der Waals surface area contributed by atoms with E-state index in [0.29, 0.717) is 19.3 Å². The number of carbonyl (C=O) groups is 2. The summed E-state index contributed by atoms with van der Waals surface area (Å²) >= 11 is 0. The fourth-order valence-corrected chi connectivity index (χ4v) is 5.53. The van der Waals surface area contributed by atoms with Gasteiger partial charge in [0.2, 0.25) is 0 Å². The van der Waals surface area contributed by atoms with Gasteiger partial charge in [-0.25, -0.2) is 0 Å². The Balaban J connectivity index is 5.29. The number of hydrogen-bond acceptors (Lipinski definition) is 2. The van der Waals surface area contributed by atoms with Gasteiger partial charge in [0, 0.05) is 6.42 Å². The maximum absolute atomic E-state index is 12.9. The third-order valence-corrected chi connectivity index (χ3v) is 7.77. The van der Waals surface area contributed by atoms with Gasteiger partial charge in [0.1, 0.15) is 0 Å². The lowest BCUT2D eigenvalue weighted by atomic mass is 9.65. The first kappa shape index (κ1) is 32.9. The number of unbranched alkanes of at least 4 members (excludes halogenated alkanes) is 15. The van der Waals surface area contributed by atoms with E-state index in [9.17, 15) is 19.8 Å². The van der Waals surface area contributed by atoms with Crippen LogP contribution in [-0.2, 0) is 9.59 Å². The van der Waals surface area contributed by atoms with Gasteiger partial charge in [0.25, 0.3) is 0 Å². The molecule has 0 saturated carbocycles. The highest BCUT2D eigenvalue weighted by atomic mass is 16.4. The molecule has 2 N–H and O–H groups in total. The van der Waals surface area contributed by atoms with E-state index in [0.717, 1.165) is 44.9 Å². The van der Waals surface area contributed by atoms with E-state index in [1.807, 2.05) is 0 Å². The van der Waals surface area contributed by atoms with Crippen molar-refractivity contribution in [1.82, 2.24) is 0 Å². The molecule has 0 radical (unpaired) electrons. The number of carboxylic acids is 2.